The molecule has 0 spiro atoms. The first-order valence-electron chi connectivity index (χ1n) is 6.04. The Bertz CT molecular complexity index is 557. The van der Waals surface area contributed by atoms with Crippen molar-refractivity contribution in [1.29, 1.82) is 0 Å². The van der Waals surface area contributed by atoms with Gasteiger partial charge in [0, 0.05) is 11.1 Å². The van der Waals surface area contributed by atoms with E-state index in [2.05, 4.69) is 6.58 Å². The van der Waals surface area contributed by atoms with E-state index in [0.717, 1.165) is 11.1 Å². The van der Waals surface area contributed by atoms with Crippen LogP contribution in [-0.2, 0) is 0 Å². The molecule has 0 aliphatic heterocycles. The van der Waals surface area contributed by atoms with Gasteiger partial charge in [0.05, 0.1) is 0 Å². The molecule has 1 aromatic rings. The average Bonchev–Trinajstić information content (AvgIpc) is 2.30. The molecule has 2 heteroatoms. The molecule has 0 amide bonds. The van der Waals surface area contributed by atoms with E-state index < -0.39 is 0 Å². The number of benzene rings is 1. The van der Waals surface area contributed by atoms with E-state index in [1.165, 1.54) is 13.0 Å². The summed E-state index contributed by atoms with van der Waals surface area (Å²) in [5, 5.41) is 0. The van der Waals surface area contributed by atoms with Gasteiger partial charge in [0.25, 0.3) is 0 Å². The van der Waals surface area contributed by atoms with Crippen molar-refractivity contribution in [2.24, 2.45) is 0 Å². The van der Waals surface area contributed by atoms with Gasteiger partial charge in [-0.05, 0) is 32.4 Å². The lowest BCUT2D eigenvalue weighted by molar-refractivity contribution is 0.623. The van der Waals surface area contributed by atoms with Gasteiger partial charge in [-0.15, -0.1) is 0 Å². The van der Waals surface area contributed by atoms with Crippen molar-refractivity contribution in [3.63, 3.8) is 0 Å². The molecular weight excluding hydrogens is 242 g/mol. The summed E-state index contributed by atoms with van der Waals surface area (Å²) in [5.41, 5.74) is 2.53. The normalized spacial score (nSPS) is 13.1. The molecule has 0 aromatic heterocycles. The van der Waals surface area contributed by atoms with Crippen LogP contribution in [0.4, 0.5) is 8.78 Å². The summed E-state index contributed by atoms with van der Waals surface area (Å²) in [6.45, 7) is 8.73. The topological polar surface area (TPSA) is 0 Å². The molecule has 0 radical (unpaired) electrons. The fourth-order valence-electron chi connectivity index (χ4n) is 1.46. The van der Waals surface area contributed by atoms with Crippen LogP contribution in [0.25, 0.3) is 6.08 Å². The van der Waals surface area contributed by atoms with Gasteiger partial charge in [-0.1, -0.05) is 48.6 Å². The van der Waals surface area contributed by atoms with Crippen molar-refractivity contribution in [3.05, 3.63) is 76.9 Å². The highest BCUT2D eigenvalue weighted by molar-refractivity contribution is 5.56. The molecule has 0 N–H and O–H groups in total. The molecule has 0 bridgehead atoms. The number of hydrogen-bond acceptors (Lipinski definition) is 0. The van der Waals surface area contributed by atoms with Gasteiger partial charge in [-0.25, -0.2) is 8.78 Å². The van der Waals surface area contributed by atoms with Crippen molar-refractivity contribution in [3.8, 4) is 0 Å². The quantitative estimate of drug-likeness (QED) is 0.625. The molecule has 19 heavy (non-hydrogen) atoms. The monoisotopic (exact) mass is 260 g/mol. The predicted molar refractivity (Wildman–Crippen MR) is 77.9 cm³/mol. The second-order valence-electron chi connectivity index (χ2n) is 4.53. The van der Waals surface area contributed by atoms with E-state index in [4.69, 9.17) is 0 Å². The highest BCUT2D eigenvalue weighted by atomic mass is 19.1. The van der Waals surface area contributed by atoms with Gasteiger partial charge in [0.2, 0.25) is 0 Å². The van der Waals surface area contributed by atoms with E-state index in [-0.39, 0.29) is 11.6 Å². The molecule has 1 aromatic carbocycles. The second kappa shape index (κ2) is 6.83. The number of halogens is 2. The van der Waals surface area contributed by atoms with Crippen LogP contribution in [0.15, 0.2) is 60.0 Å². The summed E-state index contributed by atoms with van der Waals surface area (Å²) in [6.07, 6.45) is 6.47. The fourth-order valence-corrected chi connectivity index (χ4v) is 1.46. The number of rotatable bonds is 4. The molecule has 0 saturated heterocycles. The molecule has 1 rings (SSSR count). The minimum absolute atomic E-state index is 0.309. The third-order valence-corrected chi connectivity index (χ3v) is 2.54. The lowest BCUT2D eigenvalue weighted by atomic mass is 10.1. The predicted octanol–water partition coefficient (Wildman–Crippen LogP) is 5.52. The van der Waals surface area contributed by atoms with Crippen molar-refractivity contribution in [2.45, 2.75) is 20.8 Å². The summed E-state index contributed by atoms with van der Waals surface area (Å²) in [4.78, 5) is 0. The van der Waals surface area contributed by atoms with Gasteiger partial charge < -0.3 is 0 Å². The molecular formula is C17H18F2. The first kappa shape index (κ1) is 15.1. The summed E-state index contributed by atoms with van der Waals surface area (Å²) in [5.74, 6) is -0.628. The molecule has 0 nitrogen and oxygen atoms in total. The standard InChI is InChI=1S/C17H18F2/c1-12(2)5-7-15(14(4)18)9-10-16-8-6-13(3)11-17(16)19/h5-11H,1H2,2-4H3/b7-5-,10-9+,15-14-. The van der Waals surface area contributed by atoms with Gasteiger partial charge in [0.15, 0.2) is 0 Å². The Morgan fingerprint density at radius 3 is 2.37 bits per heavy atom. The molecule has 0 heterocycles. The minimum Gasteiger partial charge on any atom is -0.211 e. The van der Waals surface area contributed by atoms with Crippen LogP contribution in [0, 0.1) is 12.7 Å². The molecule has 0 saturated carbocycles. The van der Waals surface area contributed by atoms with Crippen LogP contribution in [0.1, 0.15) is 25.0 Å². The van der Waals surface area contributed by atoms with E-state index in [0.29, 0.717) is 11.1 Å². The van der Waals surface area contributed by atoms with Crippen molar-refractivity contribution in [2.75, 3.05) is 0 Å². The maximum Gasteiger partial charge on any atom is 0.130 e. The Kier molecular flexibility index (Phi) is 5.43. The number of aryl methyl sites for hydroxylation is 1. The molecule has 0 atom stereocenters. The third kappa shape index (κ3) is 5.04. The molecule has 100 valence electrons. The van der Waals surface area contributed by atoms with E-state index in [1.54, 1.807) is 30.4 Å². The number of allylic oxidation sites excluding steroid dienone is 6. The maximum atomic E-state index is 13.6. The Labute approximate surface area is 113 Å². The first-order valence-corrected chi connectivity index (χ1v) is 6.04. The van der Waals surface area contributed by atoms with Gasteiger partial charge in [0.1, 0.15) is 11.6 Å². The maximum absolute atomic E-state index is 13.6. The summed E-state index contributed by atoms with van der Waals surface area (Å²) >= 11 is 0. The Morgan fingerprint density at radius 2 is 1.84 bits per heavy atom. The van der Waals surface area contributed by atoms with Crippen molar-refractivity contribution in [1.82, 2.24) is 0 Å². The Hall–Kier alpha value is -1.96. The van der Waals surface area contributed by atoms with E-state index >= 15 is 0 Å². The van der Waals surface area contributed by atoms with E-state index in [9.17, 15) is 8.78 Å². The summed E-state index contributed by atoms with van der Waals surface area (Å²) < 4.78 is 27.0. The zero-order chi connectivity index (χ0) is 14.4. The molecule has 0 aliphatic carbocycles. The molecule has 0 fully saturated rings. The number of hydrogen-bond donors (Lipinski definition) is 0. The van der Waals surface area contributed by atoms with E-state index in [1.807, 2.05) is 19.9 Å². The SMILES string of the molecule is C=C(C)\C=C/C(/C=C/c1ccc(C)cc1F)=C(\C)F. The lowest BCUT2D eigenvalue weighted by Crippen LogP contribution is -1.84. The van der Waals surface area contributed by atoms with Gasteiger partial charge >= 0.3 is 0 Å². The molecule has 0 aliphatic rings. The average molecular weight is 260 g/mol. The second-order valence-corrected chi connectivity index (χ2v) is 4.53. The van der Waals surface area contributed by atoms with Gasteiger partial charge in [-0.2, -0.15) is 0 Å². The highest BCUT2D eigenvalue weighted by Crippen LogP contribution is 2.16. The zero-order valence-electron chi connectivity index (χ0n) is 11.5. The smallest absolute Gasteiger partial charge is 0.130 e. The lowest BCUT2D eigenvalue weighted by Gasteiger charge is -2.00. The Balaban J connectivity index is 3.00. The first-order chi connectivity index (χ1) is 8.90. The van der Waals surface area contributed by atoms with Crippen LogP contribution >= 0.6 is 0 Å². The van der Waals surface area contributed by atoms with Crippen LogP contribution < -0.4 is 0 Å². The van der Waals surface area contributed by atoms with Crippen molar-refractivity contribution >= 4 is 6.08 Å². The van der Waals surface area contributed by atoms with Crippen molar-refractivity contribution < 1.29 is 8.78 Å². The Morgan fingerprint density at radius 1 is 1.16 bits per heavy atom. The van der Waals surface area contributed by atoms with Crippen LogP contribution in [0.3, 0.4) is 0 Å². The van der Waals surface area contributed by atoms with Gasteiger partial charge in [-0.3, -0.25) is 0 Å². The fraction of sp³-hybridized carbons (Fsp3) is 0.176. The largest absolute Gasteiger partial charge is 0.211 e. The summed E-state index contributed by atoms with van der Waals surface area (Å²) in [7, 11) is 0. The third-order valence-electron chi connectivity index (χ3n) is 2.54. The van der Waals surface area contributed by atoms with Crippen LogP contribution in [0.5, 0.6) is 0 Å². The van der Waals surface area contributed by atoms with Crippen LogP contribution in [0.2, 0.25) is 0 Å². The minimum atomic E-state index is -0.318. The zero-order valence-corrected chi connectivity index (χ0v) is 11.5. The molecule has 0 unspecified atom stereocenters. The summed E-state index contributed by atoms with van der Waals surface area (Å²) in [6, 6.07) is 4.95. The highest BCUT2D eigenvalue weighted by Gasteiger charge is 1.99. The van der Waals surface area contributed by atoms with Crippen LogP contribution in [-0.4, -0.2) is 0 Å².